The average Bonchev–Trinajstić information content (AvgIpc) is 2.92. The van der Waals surface area contributed by atoms with E-state index in [0.29, 0.717) is 36.2 Å². The van der Waals surface area contributed by atoms with Gasteiger partial charge in [-0.3, -0.25) is 19.4 Å². The van der Waals surface area contributed by atoms with Crippen molar-refractivity contribution in [3.8, 4) is 5.75 Å². The standard InChI is InChI=1S/C29H35N5O3/c1-3-4-5-6-7-9-19-34-26(30)23(28(35)31-17-16-21-12-14-22(37-2)15-13-21)20-24-27(34)32-25-11-8-10-18-33(25)29(24)36/h8,10-15,18,20,30H,3-7,9,16-17,19H2,1-2H3,(H,31,35). The largest absolute Gasteiger partial charge is 0.497 e. The van der Waals surface area contributed by atoms with Crippen molar-refractivity contribution in [3.63, 3.8) is 0 Å². The third-order valence-corrected chi connectivity index (χ3v) is 6.66. The second-order valence-electron chi connectivity index (χ2n) is 9.26. The molecule has 4 rings (SSSR count). The van der Waals surface area contributed by atoms with Crippen molar-refractivity contribution in [1.82, 2.24) is 19.3 Å². The summed E-state index contributed by atoms with van der Waals surface area (Å²) in [6.07, 6.45) is 8.92. The van der Waals surface area contributed by atoms with E-state index < -0.39 is 0 Å². The molecule has 0 saturated carbocycles. The van der Waals surface area contributed by atoms with Crippen molar-refractivity contribution in [2.75, 3.05) is 13.7 Å². The zero-order chi connectivity index (χ0) is 26.2. The maximum absolute atomic E-state index is 13.3. The molecule has 0 aliphatic heterocycles. The topological polar surface area (TPSA) is 101 Å². The van der Waals surface area contributed by atoms with E-state index in [4.69, 9.17) is 15.1 Å². The number of carbonyl (C=O) groups excluding carboxylic acids is 1. The molecular weight excluding hydrogens is 466 g/mol. The lowest BCUT2D eigenvalue weighted by Gasteiger charge is -2.15. The van der Waals surface area contributed by atoms with Gasteiger partial charge in [0.15, 0.2) is 0 Å². The number of ether oxygens (including phenoxy) is 1. The summed E-state index contributed by atoms with van der Waals surface area (Å²) in [4.78, 5) is 31.2. The van der Waals surface area contributed by atoms with Crippen molar-refractivity contribution in [2.24, 2.45) is 0 Å². The molecule has 1 amide bonds. The normalized spacial score (nSPS) is 11.2. The molecule has 0 spiro atoms. The highest BCUT2D eigenvalue weighted by atomic mass is 16.5. The van der Waals surface area contributed by atoms with E-state index in [9.17, 15) is 9.59 Å². The van der Waals surface area contributed by atoms with Crippen LogP contribution in [-0.2, 0) is 13.0 Å². The number of unbranched alkanes of at least 4 members (excludes halogenated alkanes) is 5. The molecule has 0 unspecified atom stereocenters. The van der Waals surface area contributed by atoms with E-state index in [1.54, 1.807) is 30.0 Å². The SMILES string of the molecule is CCCCCCCCn1c(=N)c(C(=O)NCCc2ccc(OC)cc2)cc2c(=O)n3ccccc3nc21. The number of hydrogen-bond acceptors (Lipinski definition) is 5. The van der Waals surface area contributed by atoms with Gasteiger partial charge in [0, 0.05) is 19.3 Å². The first kappa shape index (κ1) is 26.1. The first-order chi connectivity index (χ1) is 18.0. The van der Waals surface area contributed by atoms with Crippen LogP contribution in [0.25, 0.3) is 16.7 Å². The number of hydrogen-bond donors (Lipinski definition) is 2. The van der Waals surface area contributed by atoms with Gasteiger partial charge < -0.3 is 14.6 Å². The Bertz CT molecular complexity index is 1490. The third kappa shape index (κ3) is 6.07. The fourth-order valence-corrected chi connectivity index (χ4v) is 4.54. The van der Waals surface area contributed by atoms with Gasteiger partial charge in [0.05, 0.1) is 18.1 Å². The van der Waals surface area contributed by atoms with Crippen molar-refractivity contribution in [2.45, 2.75) is 58.4 Å². The molecule has 194 valence electrons. The van der Waals surface area contributed by atoms with Gasteiger partial charge in [-0.1, -0.05) is 57.2 Å². The summed E-state index contributed by atoms with van der Waals surface area (Å²) in [6, 6.07) is 14.6. The molecule has 8 nitrogen and oxygen atoms in total. The van der Waals surface area contributed by atoms with Gasteiger partial charge in [0.2, 0.25) is 0 Å². The van der Waals surface area contributed by atoms with Gasteiger partial charge in [0.25, 0.3) is 11.5 Å². The van der Waals surface area contributed by atoms with Crippen LogP contribution in [0.15, 0.2) is 59.5 Å². The Kier molecular flexibility index (Phi) is 8.72. The molecule has 2 N–H and O–H groups in total. The molecule has 3 aromatic heterocycles. The number of aryl methyl sites for hydroxylation is 1. The number of rotatable bonds is 12. The first-order valence-electron chi connectivity index (χ1n) is 13.0. The zero-order valence-corrected chi connectivity index (χ0v) is 21.6. The number of aromatic nitrogens is 3. The molecule has 0 aliphatic rings. The molecule has 0 aliphatic carbocycles. The van der Waals surface area contributed by atoms with Gasteiger partial charge >= 0.3 is 0 Å². The summed E-state index contributed by atoms with van der Waals surface area (Å²) in [7, 11) is 1.63. The van der Waals surface area contributed by atoms with E-state index in [1.165, 1.54) is 29.7 Å². The summed E-state index contributed by atoms with van der Waals surface area (Å²) >= 11 is 0. The highest BCUT2D eigenvalue weighted by Crippen LogP contribution is 2.14. The van der Waals surface area contributed by atoms with E-state index in [1.807, 2.05) is 30.3 Å². The molecule has 0 radical (unpaired) electrons. The minimum absolute atomic E-state index is 0.0789. The summed E-state index contributed by atoms with van der Waals surface area (Å²) < 4.78 is 8.40. The van der Waals surface area contributed by atoms with E-state index in [-0.39, 0.29) is 22.5 Å². The van der Waals surface area contributed by atoms with Crippen LogP contribution in [0.5, 0.6) is 5.75 Å². The highest BCUT2D eigenvalue weighted by Gasteiger charge is 2.17. The quantitative estimate of drug-likeness (QED) is 0.221. The maximum Gasteiger partial charge on any atom is 0.267 e. The summed E-state index contributed by atoms with van der Waals surface area (Å²) in [5.41, 5.74) is 2.05. The molecule has 4 aromatic rings. The van der Waals surface area contributed by atoms with Crippen molar-refractivity contribution in [1.29, 1.82) is 5.41 Å². The van der Waals surface area contributed by atoms with Crippen molar-refractivity contribution in [3.05, 3.63) is 81.7 Å². The predicted molar refractivity (Wildman–Crippen MR) is 145 cm³/mol. The Morgan fingerprint density at radius 2 is 1.81 bits per heavy atom. The van der Waals surface area contributed by atoms with Gasteiger partial charge in [-0.05, 0) is 48.7 Å². The fourth-order valence-electron chi connectivity index (χ4n) is 4.54. The molecular formula is C29H35N5O3. The number of benzene rings is 1. The van der Waals surface area contributed by atoms with E-state index >= 15 is 0 Å². The second-order valence-corrected chi connectivity index (χ2v) is 9.26. The van der Waals surface area contributed by atoms with Crippen LogP contribution in [0, 0.1) is 5.41 Å². The lowest BCUT2D eigenvalue weighted by molar-refractivity contribution is 0.0951. The van der Waals surface area contributed by atoms with Gasteiger partial charge in [-0.2, -0.15) is 0 Å². The molecule has 3 heterocycles. The minimum atomic E-state index is -0.366. The lowest BCUT2D eigenvalue weighted by Crippen LogP contribution is -2.35. The van der Waals surface area contributed by atoms with Crippen molar-refractivity contribution >= 4 is 22.6 Å². The minimum Gasteiger partial charge on any atom is -0.497 e. The maximum atomic E-state index is 13.3. The Morgan fingerprint density at radius 1 is 1.05 bits per heavy atom. The number of carbonyl (C=O) groups is 1. The van der Waals surface area contributed by atoms with Crippen molar-refractivity contribution < 1.29 is 9.53 Å². The van der Waals surface area contributed by atoms with Crippen LogP contribution in [0.2, 0.25) is 0 Å². The van der Waals surface area contributed by atoms with Crippen LogP contribution in [-0.4, -0.2) is 33.5 Å². The highest BCUT2D eigenvalue weighted by molar-refractivity contribution is 5.96. The molecule has 8 heteroatoms. The Morgan fingerprint density at radius 3 is 2.57 bits per heavy atom. The second kappa shape index (κ2) is 12.3. The number of amides is 1. The Labute approximate surface area is 216 Å². The van der Waals surface area contributed by atoms with Crippen LogP contribution in [0.1, 0.15) is 61.4 Å². The van der Waals surface area contributed by atoms with Crippen LogP contribution in [0.4, 0.5) is 0 Å². The number of methoxy groups -OCH3 is 1. The van der Waals surface area contributed by atoms with Gasteiger partial charge in [-0.25, -0.2) is 4.98 Å². The molecule has 0 bridgehead atoms. The van der Waals surface area contributed by atoms with E-state index in [2.05, 4.69) is 12.2 Å². The lowest BCUT2D eigenvalue weighted by atomic mass is 10.1. The number of pyridine rings is 2. The Balaban J connectivity index is 1.61. The number of nitrogens with zero attached hydrogens (tertiary/aromatic N) is 3. The zero-order valence-electron chi connectivity index (χ0n) is 21.6. The molecule has 0 atom stereocenters. The van der Waals surface area contributed by atoms with Gasteiger partial charge in [0.1, 0.15) is 22.5 Å². The van der Waals surface area contributed by atoms with Gasteiger partial charge in [-0.15, -0.1) is 0 Å². The molecule has 1 aromatic carbocycles. The van der Waals surface area contributed by atoms with Crippen LogP contribution < -0.4 is 21.1 Å². The third-order valence-electron chi connectivity index (χ3n) is 6.66. The Hall–Kier alpha value is -3.94. The summed E-state index contributed by atoms with van der Waals surface area (Å²) in [6.45, 7) is 3.13. The summed E-state index contributed by atoms with van der Waals surface area (Å²) in [5, 5.41) is 12.1. The monoisotopic (exact) mass is 501 g/mol. The number of fused-ring (bicyclic) bond motifs is 2. The molecule has 0 fully saturated rings. The average molecular weight is 502 g/mol. The number of nitrogens with one attached hydrogen (secondary N) is 2. The molecule has 0 saturated heterocycles. The van der Waals surface area contributed by atoms with Crippen LogP contribution in [0.3, 0.4) is 0 Å². The predicted octanol–water partition coefficient (Wildman–Crippen LogP) is 4.47. The first-order valence-corrected chi connectivity index (χ1v) is 13.0. The smallest absolute Gasteiger partial charge is 0.267 e. The summed E-state index contributed by atoms with van der Waals surface area (Å²) in [5.74, 6) is 0.416. The molecule has 37 heavy (non-hydrogen) atoms. The van der Waals surface area contributed by atoms with Crippen LogP contribution >= 0.6 is 0 Å². The fraction of sp³-hybridized carbons (Fsp3) is 0.379. The van der Waals surface area contributed by atoms with E-state index in [0.717, 1.165) is 30.6 Å².